The van der Waals surface area contributed by atoms with Crippen molar-refractivity contribution < 1.29 is 14.3 Å². The van der Waals surface area contributed by atoms with Gasteiger partial charge in [0.1, 0.15) is 11.4 Å². The van der Waals surface area contributed by atoms with Crippen LogP contribution in [-0.4, -0.2) is 57.4 Å². The van der Waals surface area contributed by atoms with Crippen LogP contribution in [0.4, 0.5) is 0 Å². The quantitative estimate of drug-likeness (QED) is 0.749. The lowest BCUT2D eigenvalue weighted by atomic mass is 9.98. The van der Waals surface area contributed by atoms with Crippen molar-refractivity contribution in [3.8, 4) is 0 Å². The number of amides is 2. The van der Waals surface area contributed by atoms with Gasteiger partial charge < -0.3 is 24.8 Å². The average molecular weight is 449 g/mol. The second kappa shape index (κ2) is 7.97. The number of fused-ring (bicyclic) bond motifs is 1. The molecular weight excluding hydrogens is 416 g/mol. The number of rotatable bonds is 4. The van der Waals surface area contributed by atoms with Crippen molar-refractivity contribution >= 4 is 22.7 Å². The summed E-state index contributed by atoms with van der Waals surface area (Å²) in [5, 5.41) is 4.25. The Morgan fingerprint density at radius 1 is 1.06 bits per heavy atom. The Kier molecular flexibility index (Phi) is 5.22. The van der Waals surface area contributed by atoms with Gasteiger partial charge in [-0.1, -0.05) is 18.2 Å². The van der Waals surface area contributed by atoms with Gasteiger partial charge in [0.05, 0.1) is 12.1 Å². The van der Waals surface area contributed by atoms with Crippen molar-refractivity contribution in [2.75, 3.05) is 13.1 Å². The zero-order valence-electron chi connectivity index (χ0n) is 19.7. The van der Waals surface area contributed by atoms with Gasteiger partial charge in [0.2, 0.25) is 5.91 Å². The van der Waals surface area contributed by atoms with E-state index >= 15 is 0 Å². The Balaban J connectivity index is 1.28. The van der Waals surface area contributed by atoms with Gasteiger partial charge >= 0.3 is 0 Å². The topological polar surface area (TPSA) is 77.7 Å². The second-order valence-corrected chi connectivity index (χ2v) is 10.2. The molecule has 0 unspecified atom stereocenters. The molecule has 0 saturated carbocycles. The molecule has 0 spiro atoms. The highest BCUT2D eigenvalue weighted by Crippen LogP contribution is 2.36. The zero-order chi connectivity index (χ0) is 23.3. The number of carbonyl (C=O) groups is 2. The van der Waals surface area contributed by atoms with E-state index in [0.29, 0.717) is 0 Å². The molecular formula is C26H32N4O3. The van der Waals surface area contributed by atoms with Crippen LogP contribution in [0.5, 0.6) is 0 Å². The summed E-state index contributed by atoms with van der Waals surface area (Å²) in [6.45, 7) is 9.65. The van der Waals surface area contributed by atoms with Crippen LogP contribution in [-0.2, 0) is 14.3 Å². The third-order valence-electron chi connectivity index (χ3n) is 6.79. The van der Waals surface area contributed by atoms with Crippen molar-refractivity contribution in [3.63, 3.8) is 0 Å². The molecule has 1 aromatic heterocycles. The number of aromatic amines is 1. The smallest absolute Gasteiger partial charge is 0.250 e. The van der Waals surface area contributed by atoms with Crippen molar-refractivity contribution in [1.82, 2.24) is 20.1 Å². The molecule has 2 atom stereocenters. The van der Waals surface area contributed by atoms with Crippen LogP contribution >= 0.6 is 0 Å². The maximum absolute atomic E-state index is 12.8. The SMILES string of the molecule is C[C@H]1C(OC(C)(C)C)=CC(=O)N1C1CCN(C2=CC(=O)N[C@H]2c2c[nH]c3ccccc23)CC1. The first-order valence-corrected chi connectivity index (χ1v) is 11.8. The van der Waals surface area contributed by atoms with Crippen LogP contribution in [0.3, 0.4) is 0 Å². The molecule has 3 aliphatic rings. The summed E-state index contributed by atoms with van der Waals surface area (Å²) in [4.78, 5) is 32.7. The number of aromatic nitrogens is 1. The molecule has 1 aromatic carbocycles. The van der Waals surface area contributed by atoms with E-state index in [9.17, 15) is 9.59 Å². The summed E-state index contributed by atoms with van der Waals surface area (Å²) < 4.78 is 6.04. The summed E-state index contributed by atoms with van der Waals surface area (Å²) in [5.41, 5.74) is 2.83. The fraction of sp³-hybridized carbons (Fsp3) is 0.462. The first-order chi connectivity index (χ1) is 15.7. The Morgan fingerprint density at radius 3 is 2.52 bits per heavy atom. The second-order valence-electron chi connectivity index (χ2n) is 10.2. The van der Waals surface area contributed by atoms with Gasteiger partial charge in [0.25, 0.3) is 5.91 Å². The summed E-state index contributed by atoms with van der Waals surface area (Å²) in [7, 11) is 0. The first-order valence-electron chi connectivity index (χ1n) is 11.8. The number of H-pyrrole nitrogens is 1. The lowest BCUT2D eigenvalue weighted by Gasteiger charge is -2.41. The zero-order valence-corrected chi connectivity index (χ0v) is 19.7. The molecule has 1 saturated heterocycles. The van der Waals surface area contributed by atoms with Crippen LogP contribution < -0.4 is 5.32 Å². The number of hydrogen-bond acceptors (Lipinski definition) is 4. The van der Waals surface area contributed by atoms with E-state index in [4.69, 9.17) is 4.74 Å². The highest BCUT2D eigenvalue weighted by Gasteiger charge is 2.40. The van der Waals surface area contributed by atoms with Gasteiger partial charge in [-0.2, -0.15) is 0 Å². The number of nitrogens with zero attached hydrogens (tertiary/aromatic N) is 2. The molecule has 33 heavy (non-hydrogen) atoms. The van der Waals surface area contributed by atoms with Gasteiger partial charge in [-0.3, -0.25) is 9.59 Å². The molecule has 2 aromatic rings. The number of likely N-dealkylation sites (tertiary alicyclic amines) is 1. The Morgan fingerprint density at radius 2 is 1.79 bits per heavy atom. The number of hydrogen-bond donors (Lipinski definition) is 2. The molecule has 0 bridgehead atoms. The molecule has 174 valence electrons. The molecule has 0 aliphatic carbocycles. The van der Waals surface area contributed by atoms with Crippen LogP contribution in [0.25, 0.3) is 10.9 Å². The number of piperidine rings is 1. The van der Waals surface area contributed by atoms with Crippen molar-refractivity contribution in [3.05, 3.63) is 59.6 Å². The number of ether oxygens (including phenoxy) is 1. The molecule has 7 nitrogen and oxygen atoms in total. The minimum Gasteiger partial charge on any atom is -0.490 e. The molecule has 0 radical (unpaired) electrons. The fourth-order valence-corrected chi connectivity index (χ4v) is 5.33. The Hall–Kier alpha value is -3.22. The predicted molar refractivity (Wildman–Crippen MR) is 127 cm³/mol. The molecule has 5 rings (SSSR count). The Labute approximate surface area is 194 Å². The van der Waals surface area contributed by atoms with E-state index < -0.39 is 0 Å². The summed E-state index contributed by atoms with van der Waals surface area (Å²) in [5.74, 6) is 0.732. The lowest BCUT2D eigenvalue weighted by molar-refractivity contribution is -0.129. The van der Waals surface area contributed by atoms with Gasteiger partial charge in [0.15, 0.2) is 0 Å². The van der Waals surface area contributed by atoms with E-state index in [0.717, 1.165) is 53.9 Å². The van der Waals surface area contributed by atoms with Crippen LogP contribution in [0.1, 0.15) is 52.1 Å². The van der Waals surface area contributed by atoms with E-state index in [2.05, 4.69) is 21.3 Å². The third-order valence-corrected chi connectivity index (χ3v) is 6.79. The van der Waals surface area contributed by atoms with E-state index in [-0.39, 0.29) is 35.5 Å². The number of carbonyl (C=O) groups excluding carboxylic acids is 2. The number of nitrogens with one attached hydrogen (secondary N) is 2. The molecule has 7 heteroatoms. The van der Waals surface area contributed by atoms with Crippen LogP contribution in [0, 0.1) is 0 Å². The highest BCUT2D eigenvalue weighted by atomic mass is 16.5. The Bertz CT molecular complexity index is 1150. The first kappa shape index (κ1) is 21.6. The third kappa shape index (κ3) is 4.01. The molecule has 3 aliphatic heterocycles. The number of benzene rings is 1. The molecule has 2 N–H and O–H groups in total. The minimum atomic E-state index is -0.328. The van der Waals surface area contributed by atoms with E-state index in [1.54, 1.807) is 12.2 Å². The lowest BCUT2D eigenvalue weighted by Crippen LogP contribution is -2.49. The molecule has 2 amide bonds. The highest BCUT2D eigenvalue weighted by molar-refractivity contribution is 5.94. The van der Waals surface area contributed by atoms with Crippen LogP contribution in [0.15, 0.2) is 54.1 Å². The number of para-hydroxylation sites is 1. The molecule has 1 fully saturated rings. The van der Waals surface area contributed by atoms with Crippen molar-refractivity contribution in [2.24, 2.45) is 0 Å². The van der Waals surface area contributed by atoms with E-state index in [1.165, 1.54) is 0 Å². The van der Waals surface area contributed by atoms with Gasteiger partial charge in [-0.05, 0) is 46.6 Å². The largest absolute Gasteiger partial charge is 0.490 e. The van der Waals surface area contributed by atoms with Crippen molar-refractivity contribution in [2.45, 2.75) is 64.3 Å². The monoisotopic (exact) mass is 448 g/mol. The van der Waals surface area contributed by atoms with Gasteiger partial charge in [-0.25, -0.2) is 0 Å². The van der Waals surface area contributed by atoms with Crippen molar-refractivity contribution in [1.29, 1.82) is 0 Å². The van der Waals surface area contributed by atoms with Gasteiger partial charge in [0, 0.05) is 59.6 Å². The normalized spacial score (nSPS) is 24.4. The standard InChI is InChI=1S/C26H32N4O3/c1-16-22(33-26(2,3)4)14-24(32)30(16)17-9-11-29(12-10-17)21-13-23(31)28-25(21)19-15-27-20-8-6-5-7-18(19)20/h5-8,13-17,25,27H,9-12H2,1-4H3,(H,28,31)/t16-,25-/m0/s1. The summed E-state index contributed by atoms with van der Waals surface area (Å²) >= 11 is 0. The van der Waals surface area contributed by atoms with E-state index in [1.807, 2.05) is 57.0 Å². The fourth-order valence-electron chi connectivity index (χ4n) is 5.33. The minimum absolute atomic E-state index is 0.0359. The van der Waals surface area contributed by atoms with Gasteiger partial charge in [-0.15, -0.1) is 0 Å². The maximum Gasteiger partial charge on any atom is 0.250 e. The summed E-state index contributed by atoms with van der Waals surface area (Å²) in [6.07, 6.45) is 7.09. The average Bonchev–Trinajstić information content (AvgIpc) is 3.43. The van der Waals surface area contributed by atoms with Crippen LogP contribution in [0.2, 0.25) is 0 Å². The summed E-state index contributed by atoms with van der Waals surface area (Å²) in [6, 6.07) is 8.10. The predicted octanol–water partition coefficient (Wildman–Crippen LogP) is 3.62. The molecule has 4 heterocycles. The maximum atomic E-state index is 12.8.